The van der Waals surface area contributed by atoms with E-state index < -0.39 is 0 Å². The Labute approximate surface area is 120 Å². The molecule has 0 aliphatic rings. The van der Waals surface area contributed by atoms with Crippen molar-refractivity contribution in [2.75, 3.05) is 0 Å². The number of rotatable bonds is 2. The van der Waals surface area contributed by atoms with Crippen molar-refractivity contribution in [3.05, 3.63) is 47.2 Å². The maximum Gasteiger partial charge on any atom is 0.164 e. The fourth-order valence-corrected chi connectivity index (χ4v) is 2.56. The molecule has 0 radical (unpaired) electrons. The van der Waals surface area contributed by atoms with Crippen LogP contribution in [0.5, 0.6) is 0 Å². The normalized spacial score (nSPS) is 11.4. The van der Waals surface area contributed by atoms with Crippen molar-refractivity contribution in [3.8, 4) is 11.4 Å². The van der Waals surface area contributed by atoms with Crippen molar-refractivity contribution in [3.63, 3.8) is 0 Å². The summed E-state index contributed by atoms with van der Waals surface area (Å²) in [6.45, 7) is 4.26. The summed E-state index contributed by atoms with van der Waals surface area (Å²) >= 11 is 3.49. The van der Waals surface area contributed by atoms with Gasteiger partial charge in [-0.05, 0) is 42.8 Å². The predicted molar refractivity (Wildman–Crippen MR) is 81.0 cm³/mol. The summed E-state index contributed by atoms with van der Waals surface area (Å²) in [5, 5.41) is 10.7. The topological polar surface area (TPSA) is 30.7 Å². The van der Waals surface area contributed by atoms with E-state index in [1.54, 1.807) is 6.33 Å². The van der Waals surface area contributed by atoms with Crippen LogP contribution in [0.25, 0.3) is 22.2 Å². The first-order valence-electron chi connectivity index (χ1n) is 6.24. The highest BCUT2D eigenvalue weighted by atomic mass is 79.9. The molecule has 0 fully saturated rings. The second-order valence-electron chi connectivity index (χ2n) is 4.86. The minimum absolute atomic E-state index is 0.352. The van der Waals surface area contributed by atoms with E-state index in [0.29, 0.717) is 6.04 Å². The highest BCUT2D eigenvalue weighted by molar-refractivity contribution is 9.10. The molecule has 0 bridgehead atoms. The molecule has 0 saturated carbocycles. The van der Waals surface area contributed by atoms with Gasteiger partial charge in [-0.15, -0.1) is 10.2 Å². The Morgan fingerprint density at radius 1 is 1.05 bits per heavy atom. The molecule has 0 atom stereocenters. The van der Waals surface area contributed by atoms with E-state index in [4.69, 9.17) is 0 Å². The molecule has 3 nitrogen and oxygen atoms in total. The third-order valence-corrected chi connectivity index (χ3v) is 3.68. The zero-order valence-corrected chi connectivity index (χ0v) is 12.4. The quantitative estimate of drug-likeness (QED) is 0.700. The summed E-state index contributed by atoms with van der Waals surface area (Å²) in [6.07, 6.45) is 1.78. The van der Waals surface area contributed by atoms with Gasteiger partial charge in [0.2, 0.25) is 0 Å². The van der Waals surface area contributed by atoms with E-state index in [9.17, 15) is 0 Å². The van der Waals surface area contributed by atoms with Crippen LogP contribution in [0.4, 0.5) is 0 Å². The van der Waals surface area contributed by atoms with Gasteiger partial charge >= 0.3 is 0 Å². The smallest absolute Gasteiger partial charge is 0.164 e. The third kappa shape index (κ3) is 2.28. The van der Waals surface area contributed by atoms with Gasteiger partial charge in [0.25, 0.3) is 0 Å². The summed E-state index contributed by atoms with van der Waals surface area (Å²) in [4.78, 5) is 0. The molecular formula is C15H14BrN3. The lowest BCUT2D eigenvalue weighted by Crippen LogP contribution is -2.01. The molecule has 0 spiro atoms. The van der Waals surface area contributed by atoms with Crippen LogP contribution >= 0.6 is 15.9 Å². The summed E-state index contributed by atoms with van der Waals surface area (Å²) in [7, 11) is 0. The van der Waals surface area contributed by atoms with Crippen molar-refractivity contribution in [2.45, 2.75) is 19.9 Å². The molecular weight excluding hydrogens is 302 g/mol. The highest BCUT2D eigenvalue weighted by Crippen LogP contribution is 2.26. The zero-order valence-electron chi connectivity index (χ0n) is 10.8. The Bertz CT molecular complexity index is 731. The highest BCUT2D eigenvalue weighted by Gasteiger charge is 2.10. The van der Waals surface area contributed by atoms with Gasteiger partial charge in [-0.3, -0.25) is 0 Å². The minimum Gasteiger partial charge on any atom is -0.311 e. The number of aromatic nitrogens is 3. The van der Waals surface area contributed by atoms with Crippen molar-refractivity contribution in [2.24, 2.45) is 0 Å². The van der Waals surface area contributed by atoms with Crippen LogP contribution in [0.3, 0.4) is 0 Å². The SMILES string of the molecule is CC(C)n1cnnc1-c1ccc2cc(Br)ccc2c1. The van der Waals surface area contributed by atoms with Gasteiger partial charge in [0.15, 0.2) is 5.82 Å². The Morgan fingerprint density at radius 3 is 2.58 bits per heavy atom. The molecule has 0 unspecified atom stereocenters. The van der Waals surface area contributed by atoms with Crippen LogP contribution in [-0.2, 0) is 0 Å². The number of fused-ring (bicyclic) bond motifs is 1. The maximum absolute atomic E-state index is 4.24. The van der Waals surface area contributed by atoms with Crippen molar-refractivity contribution < 1.29 is 0 Å². The first-order valence-corrected chi connectivity index (χ1v) is 7.03. The third-order valence-electron chi connectivity index (χ3n) is 3.19. The lowest BCUT2D eigenvalue weighted by molar-refractivity contribution is 0.604. The second-order valence-corrected chi connectivity index (χ2v) is 5.78. The summed E-state index contributed by atoms with van der Waals surface area (Å²) in [5.74, 6) is 0.916. The molecule has 19 heavy (non-hydrogen) atoms. The first-order chi connectivity index (χ1) is 9.15. The molecule has 0 aliphatic carbocycles. The molecule has 0 saturated heterocycles. The molecule has 0 N–H and O–H groups in total. The van der Waals surface area contributed by atoms with Gasteiger partial charge in [-0.1, -0.05) is 34.1 Å². The standard InChI is InChI=1S/C15H14BrN3/c1-10(2)19-9-17-18-15(19)13-4-3-12-8-14(16)6-5-11(12)7-13/h3-10H,1-2H3. The van der Waals surface area contributed by atoms with E-state index in [2.05, 4.69) is 80.9 Å². The molecule has 96 valence electrons. The summed E-state index contributed by atoms with van der Waals surface area (Å²) in [5.41, 5.74) is 1.10. The van der Waals surface area contributed by atoms with Gasteiger partial charge < -0.3 is 4.57 Å². The fourth-order valence-electron chi connectivity index (χ4n) is 2.18. The van der Waals surface area contributed by atoms with E-state index in [1.807, 2.05) is 0 Å². The summed E-state index contributed by atoms with van der Waals surface area (Å²) < 4.78 is 3.18. The second kappa shape index (κ2) is 4.78. The van der Waals surface area contributed by atoms with Crippen LogP contribution in [0.15, 0.2) is 47.2 Å². The number of nitrogens with zero attached hydrogens (tertiary/aromatic N) is 3. The monoisotopic (exact) mass is 315 g/mol. The Kier molecular flexibility index (Phi) is 3.11. The van der Waals surface area contributed by atoms with Crippen LogP contribution in [0.2, 0.25) is 0 Å². The number of hydrogen-bond donors (Lipinski definition) is 0. The Hall–Kier alpha value is -1.68. The van der Waals surface area contributed by atoms with Gasteiger partial charge in [0.1, 0.15) is 6.33 Å². The number of halogens is 1. The van der Waals surface area contributed by atoms with Crippen LogP contribution < -0.4 is 0 Å². The molecule has 0 aliphatic heterocycles. The number of hydrogen-bond acceptors (Lipinski definition) is 2. The average Bonchev–Trinajstić information content (AvgIpc) is 2.87. The fraction of sp³-hybridized carbons (Fsp3) is 0.200. The van der Waals surface area contributed by atoms with E-state index >= 15 is 0 Å². The molecule has 3 rings (SSSR count). The Balaban J connectivity index is 2.15. The molecule has 4 heteroatoms. The van der Waals surface area contributed by atoms with Crippen molar-refractivity contribution >= 4 is 26.7 Å². The predicted octanol–water partition coefficient (Wildman–Crippen LogP) is 4.44. The van der Waals surface area contributed by atoms with E-state index in [0.717, 1.165) is 15.9 Å². The lowest BCUT2D eigenvalue weighted by Gasteiger charge is -2.10. The van der Waals surface area contributed by atoms with Crippen LogP contribution in [0, 0.1) is 0 Å². The van der Waals surface area contributed by atoms with Gasteiger partial charge in [-0.25, -0.2) is 0 Å². The summed E-state index contributed by atoms with van der Waals surface area (Å²) in [6, 6.07) is 13.0. The first kappa shape index (κ1) is 12.4. The Morgan fingerprint density at radius 2 is 1.79 bits per heavy atom. The van der Waals surface area contributed by atoms with Crippen LogP contribution in [-0.4, -0.2) is 14.8 Å². The minimum atomic E-state index is 0.352. The maximum atomic E-state index is 4.24. The molecule has 1 aromatic heterocycles. The average molecular weight is 316 g/mol. The molecule has 2 aromatic carbocycles. The van der Waals surface area contributed by atoms with Gasteiger partial charge in [0, 0.05) is 16.1 Å². The zero-order chi connectivity index (χ0) is 13.4. The number of benzene rings is 2. The molecule has 0 amide bonds. The lowest BCUT2D eigenvalue weighted by atomic mass is 10.1. The molecule has 1 heterocycles. The molecule has 3 aromatic rings. The van der Waals surface area contributed by atoms with E-state index in [1.165, 1.54) is 10.8 Å². The van der Waals surface area contributed by atoms with Crippen molar-refractivity contribution in [1.29, 1.82) is 0 Å². The van der Waals surface area contributed by atoms with Gasteiger partial charge in [0.05, 0.1) is 0 Å². The van der Waals surface area contributed by atoms with E-state index in [-0.39, 0.29) is 0 Å². The van der Waals surface area contributed by atoms with Crippen molar-refractivity contribution in [1.82, 2.24) is 14.8 Å². The van der Waals surface area contributed by atoms with Crippen LogP contribution in [0.1, 0.15) is 19.9 Å². The largest absolute Gasteiger partial charge is 0.311 e. The van der Waals surface area contributed by atoms with Gasteiger partial charge in [-0.2, -0.15) is 0 Å².